The number of non-ortho nitro benzene ring substituents is 1. The highest BCUT2D eigenvalue weighted by Crippen LogP contribution is 2.35. The lowest BCUT2D eigenvalue weighted by atomic mass is 10.2. The number of unbranched alkanes of at least 4 members (excludes halogenated alkanes) is 1. The summed E-state index contributed by atoms with van der Waals surface area (Å²) in [6, 6.07) is 6.96. The second kappa shape index (κ2) is 9.21. The van der Waals surface area contributed by atoms with Crippen molar-refractivity contribution in [1.82, 2.24) is 0 Å². The molecule has 2 aromatic carbocycles. The summed E-state index contributed by atoms with van der Waals surface area (Å²) in [5, 5.41) is 13.9. The second-order valence-electron chi connectivity index (χ2n) is 5.35. The molecule has 0 spiro atoms. The highest BCUT2D eigenvalue weighted by atomic mass is 79.9. The first kappa shape index (κ1) is 20.5. The zero-order valence-electron chi connectivity index (χ0n) is 13.7. The van der Waals surface area contributed by atoms with Crippen LogP contribution in [0, 0.1) is 10.1 Å². The summed E-state index contributed by atoms with van der Waals surface area (Å²) in [6.45, 7) is 2.52. The van der Waals surface area contributed by atoms with Gasteiger partial charge in [-0.3, -0.25) is 14.9 Å². The van der Waals surface area contributed by atoms with Crippen molar-refractivity contribution in [3.05, 3.63) is 60.5 Å². The lowest BCUT2D eigenvalue weighted by Gasteiger charge is -2.12. The van der Waals surface area contributed by atoms with Crippen molar-refractivity contribution in [3.63, 3.8) is 0 Å². The number of rotatable bonds is 7. The maximum Gasteiger partial charge on any atom is 0.270 e. The van der Waals surface area contributed by atoms with E-state index in [4.69, 9.17) is 27.9 Å². The first-order valence-corrected chi connectivity index (χ1v) is 9.25. The fraction of sp³-hybridized carbons (Fsp3) is 0.235. The van der Waals surface area contributed by atoms with Gasteiger partial charge in [0.05, 0.1) is 27.3 Å². The summed E-state index contributed by atoms with van der Waals surface area (Å²) in [7, 11) is 0. The molecule has 0 radical (unpaired) electrons. The normalized spacial score (nSPS) is 10.5. The Morgan fingerprint density at radius 1 is 1.27 bits per heavy atom. The van der Waals surface area contributed by atoms with Gasteiger partial charge in [-0.2, -0.15) is 0 Å². The van der Waals surface area contributed by atoms with Gasteiger partial charge in [-0.15, -0.1) is 0 Å². The van der Waals surface area contributed by atoms with E-state index in [1.54, 1.807) is 0 Å². The highest BCUT2D eigenvalue weighted by molar-refractivity contribution is 9.10. The molecule has 1 N–H and O–H groups in total. The van der Waals surface area contributed by atoms with Crippen molar-refractivity contribution >= 4 is 56.4 Å². The Kier molecular flexibility index (Phi) is 7.25. The fourth-order valence-corrected chi connectivity index (χ4v) is 3.12. The quantitative estimate of drug-likeness (QED) is 0.307. The topological polar surface area (TPSA) is 81.5 Å². The van der Waals surface area contributed by atoms with Crippen LogP contribution in [-0.2, 0) is 0 Å². The van der Waals surface area contributed by atoms with Crippen molar-refractivity contribution < 1.29 is 14.5 Å². The number of amides is 1. The summed E-state index contributed by atoms with van der Waals surface area (Å²) in [4.78, 5) is 22.7. The maximum atomic E-state index is 12.4. The predicted molar refractivity (Wildman–Crippen MR) is 106 cm³/mol. The van der Waals surface area contributed by atoms with E-state index < -0.39 is 10.8 Å². The lowest BCUT2D eigenvalue weighted by molar-refractivity contribution is -0.384. The van der Waals surface area contributed by atoms with Gasteiger partial charge in [0, 0.05) is 22.2 Å². The first-order valence-electron chi connectivity index (χ1n) is 7.70. The molecular weight excluding hydrogens is 447 g/mol. The van der Waals surface area contributed by atoms with Gasteiger partial charge >= 0.3 is 0 Å². The van der Waals surface area contributed by atoms with Gasteiger partial charge in [0.25, 0.3) is 11.6 Å². The van der Waals surface area contributed by atoms with Crippen molar-refractivity contribution in [2.24, 2.45) is 0 Å². The van der Waals surface area contributed by atoms with E-state index in [2.05, 4.69) is 21.2 Å². The van der Waals surface area contributed by atoms with Gasteiger partial charge in [-0.25, -0.2) is 0 Å². The number of hydrogen-bond acceptors (Lipinski definition) is 4. The molecule has 0 aliphatic carbocycles. The molecule has 6 nitrogen and oxygen atoms in total. The SMILES string of the molecule is CCCCOc1c(Cl)cc(C(=O)Nc2ccc([N+](=O)[O-])cc2Br)cc1Cl. The molecule has 0 aliphatic rings. The van der Waals surface area contributed by atoms with Crippen LogP contribution in [0.4, 0.5) is 11.4 Å². The van der Waals surface area contributed by atoms with Crippen molar-refractivity contribution in [2.75, 3.05) is 11.9 Å². The molecular formula is C17H15BrCl2N2O4. The molecule has 0 fully saturated rings. The van der Waals surface area contributed by atoms with Crippen LogP contribution in [0.2, 0.25) is 10.0 Å². The zero-order valence-corrected chi connectivity index (χ0v) is 16.8. The number of carbonyl (C=O) groups is 1. The second-order valence-corrected chi connectivity index (χ2v) is 7.02. The van der Waals surface area contributed by atoms with Gasteiger partial charge in [-0.05, 0) is 40.5 Å². The molecule has 0 aromatic heterocycles. The van der Waals surface area contributed by atoms with Crippen molar-refractivity contribution in [2.45, 2.75) is 19.8 Å². The standard InChI is InChI=1S/C17H15BrCl2N2O4/c1-2-3-6-26-16-13(19)7-10(8-14(16)20)17(23)21-15-5-4-11(22(24)25)9-12(15)18/h4-5,7-9H,2-3,6H2,1H3,(H,21,23). The smallest absolute Gasteiger partial charge is 0.270 e. The summed E-state index contributed by atoms with van der Waals surface area (Å²) in [6.07, 6.45) is 1.84. The van der Waals surface area contributed by atoms with Crippen LogP contribution < -0.4 is 10.1 Å². The Morgan fingerprint density at radius 3 is 2.46 bits per heavy atom. The number of carbonyl (C=O) groups excluding carboxylic acids is 1. The van der Waals surface area contributed by atoms with E-state index in [1.807, 2.05) is 6.92 Å². The summed E-state index contributed by atoms with van der Waals surface area (Å²) >= 11 is 15.5. The first-order chi connectivity index (χ1) is 12.3. The minimum absolute atomic E-state index is 0.0884. The molecule has 0 heterocycles. The molecule has 2 aromatic rings. The predicted octanol–water partition coefficient (Wildman–Crippen LogP) is 6.10. The Hall–Kier alpha value is -1.83. The monoisotopic (exact) mass is 460 g/mol. The molecule has 0 unspecified atom stereocenters. The number of benzene rings is 2. The molecule has 0 atom stereocenters. The molecule has 9 heteroatoms. The Morgan fingerprint density at radius 2 is 1.92 bits per heavy atom. The van der Waals surface area contributed by atoms with Gasteiger partial charge in [0.15, 0.2) is 5.75 Å². The minimum Gasteiger partial charge on any atom is -0.490 e. The molecule has 0 aliphatic heterocycles. The van der Waals surface area contributed by atoms with E-state index >= 15 is 0 Å². The maximum absolute atomic E-state index is 12.4. The molecule has 0 saturated carbocycles. The van der Waals surface area contributed by atoms with Crippen LogP contribution in [0.25, 0.3) is 0 Å². The molecule has 0 saturated heterocycles. The van der Waals surface area contributed by atoms with Crippen LogP contribution >= 0.6 is 39.1 Å². The van der Waals surface area contributed by atoms with Crippen molar-refractivity contribution in [1.29, 1.82) is 0 Å². The van der Waals surface area contributed by atoms with E-state index in [1.165, 1.54) is 30.3 Å². The summed E-state index contributed by atoms with van der Waals surface area (Å²) < 4.78 is 5.93. The summed E-state index contributed by atoms with van der Waals surface area (Å²) in [5.74, 6) is -0.113. The third kappa shape index (κ3) is 5.09. The number of nitro benzene ring substituents is 1. The van der Waals surface area contributed by atoms with Gasteiger partial charge in [0.1, 0.15) is 0 Å². The number of nitrogens with one attached hydrogen (secondary N) is 1. The van der Waals surface area contributed by atoms with E-state index in [0.717, 1.165) is 12.8 Å². The van der Waals surface area contributed by atoms with Crippen molar-refractivity contribution in [3.8, 4) is 5.75 Å². The van der Waals surface area contributed by atoms with Crippen LogP contribution in [0.1, 0.15) is 30.1 Å². The minimum atomic E-state index is -0.521. The number of anilines is 1. The van der Waals surface area contributed by atoms with Crippen LogP contribution in [0.15, 0.2) is 34.8 Å². The van der Waals surface area contributed by atoms with Crippen LogP contribution in [0.3, 0.4) is 0 Å². The fourth-order valence-electron chi connectivity index (χ4n) is 2.06. The number of nitro groups is 1. The molecule has 0 bridgehead atoms. The zero-order chi connectivity index (χ0) is 19.3. The summed E-state index contributed by atoms with van der Waals surface area (Å²) in [5.41, 5.74) is 0.541. The van der Waals surface area contributed by atoms with Crippen LogP contribution in [0.5, 0.6) is 5.75 Å². The molecule has 2 rings (SSSR count). The Labute approximate surface area is 168 Å². The Bertz CT molecular complexity index is 823. The largest absolute Gasteiger partial charge is 0.490 e. The average Bonchev–Trinajstić information content (AvgIpc) is 2.58. The van der Waals surface area contributed by atoms with E-state index in [9.17, 15) is 14.9 Å². The third-order valence-corrected chi connectivity index (χ3v) is 4.63. The number of halogens is 3. The highest BCUT2D eigenvalue weighted by Gasteiger charge is 2.16. The lowest BCUT2D eigenvalue weighted by Crippen LogP contribution is -2.12. The van der Waals surface area contributed by atoms with Gasteiger partial charge in [-0.1, -0.05) is 36.5 Å². The average molecular weight is 462 g/mol. The number of nitrogens with zero attached hydrogens (tertiary/aromatic N) is 1. The molecule has 138 valence electrons. The van der Waals surface area contributed by atoms with Crippen LogP contribution in [-0.4, -0.2) is 17.4 Å². The third-order valence-electron chi connectivity index (χ3n) is 3.42. The number of ether oxygens (including phenoxy) is 1. The van der Waals surface area contributed by atoms with Gasteiger partial charge in [0.2, 0.25) is 0 Å². The Balaban J connectivity index is 2.18. The number of hydrogen-bond donors (Lipinski definition) is 1. The van der Waals surface area contributed by atoms with E-state index in [0.29, 0.717) is 22.5 Å². The van der Waals surface area contributed by atoms with Gasteiger partial charge < -0.3 is 10.1 Å². The van der Waals surface area contributed by atoms with E-state index in [-0.39, 0.29) is 21.3 Å². The molecule has 26 heavy (non-hydrogen) atoms. The molecule has 1 amide bonds.